The molecule has 4 unspecified atom stereocenters. The predicted octanol–water partition coefficient (Wildman–Crippen LogP) is 2.89. The molecule has 2 aliphatic heterocycles. The van der Waals surface area contributed by atoms with Crippen LogP contribution in [-0.2, 0) is 0 Å². The highest BCUT2D eigenvalue weighted by atomic mass is 15.2. The molecular formula is C16H30N2. The van der Waals surface area contributed by atoms with E-state index in [4.69, 9.17) is 0 Å². The second-order valence-electron chi connectivity index (χ2n) is 7.13. The lowest BCUT2D eigenvalue weighted by Crippen LogP contribution is -2.50. The monoisotopic (exact) mass is 250 g/mol. The zero-order valence-electron chi connectivity index (χ0n) is 12.0. The van der Waals surface area contributed by atoms with Crippen molar-refractivity contribution in [3.8, 4) is 0 Å². The van der Waals surface area contributed by atoms with Gasteiger partial charge in [0.25, 0.3) is 0 Å². The average Bonchev–Trinajstić information content (AvgIpc) is 2.39. The minimum absolute atomic E-state index is 0.772. The molecule has 3 aliphatic rings. The van der Waals surface area contributed by atoms with Gasteiger partial charge in [-0.3, -0.25) is 0 Å². The maximum Gasteiger partial charge on any atom is 0.0197 e. The lowest BCUT2D eigenvalue weighted by atomic mass is 9.75. The first-order valence-electron chi connectivity index (χ1n) is 8.27. The number of nitrogens with zero attached hydrogens (tertiary/aromatic N) is 1. The lowest BCUT2D eigenvalue weighted by Gasteiger charge is -2.43. The van der Waals surface area contributed by atoms with E-state index < -0.39 is 0 Å². The van der Waals surface area contributed by atoms with E-state index in [1.165, 1.54) is 71.1 Å². The van der Waals surface area contributed by atoms with Crippen molar-refractivity contribution in [1.82, 2.24) is 10.2 Å². The highest BCUT2D eigenvalue weighted by molar-refractivity contribution is 4.86. The van der Waals surface area contributed by atoms with Crippen molar-refractivity contribution in [1.29, 1.82) is 0 Å². The Hall–Kier alpha value is -0.0800. The minimum Gasteiger partial charge on any atom is -0.313 e. The van der Waals surface area contributed by atoms with Crippen LogP contribution in [0.1, 0.15) is 51.9 Å². The molecule has 0 spiro atoms. The molecule has 3 fully saturated rings. The van der Waals surface area contributed by atoms with Crippen LogP contribution in [0.4, 0.5) is 0 Å². The lowest BCUT2D eigenvalue weighted by molar-refractivity contribution is 0.0749. The van der Waals surface area contributed by atoms with Gasteiger partial charge in [-0.05, 0) is 56.5 Å². The number of rotatable bonds is 2. The van der Waals surface area contributed by atoms with Crippen molar-refractivity contribution in [2.24, 2.45) is 17.8 Å². The molecule has 0 bridgehead atoms. The standard InChI is InChI=1S/C16H30N2/c1-13-6-8-17-16(10-13)12-18-9-7-14-4-2-3-5-15(14)11-18/h13-17H,2-12H2,1H3. The molecule has 2 nitrogen and oxygen atoms in total. The Morgan fingerprint density at radius 3 is 2.72 bits per heavy atom. The first kappa shape index (κ1) is 12.9. The highest BCUT2D eigenvalue weighted by Crippen LogP contribution is 2.36. The fourth-order valence-electron chi connectivity index (χ4n) is 4.51. The van der Waals surface area contributed by atoms with Gasteiger partial charge < -0.3 is 10.2 Å². The van der Waals surface area contributed by atoms with Gasteiger partial charge in [0.1, 0.15) is 0 Å². The normalized spacial score (nSPS) is 42.5. The summed E-state index contributed by atoms with van der Waals surface area (Å²) in [5.41, 5.74) is 0. The van der Waals surface area contributed by atoms with Gasteiger partial charge in [0.2, 0.25) is 0 Å². The van der Waals surface area contributed by atoms with Crippen molar-refractivity contribution < 1.29 is 0 Å². The van der Waals surface area contributed by atoms with E-state index in [0.717, 1.165) is 23.8 Å². The Morgan fingerprint density at radius 2 is 1.89 bits per heavy atom. The predicted molar refractivity (Wildman–Crippen MR) is 76.7 cm³/mol. The summed E-state index contributed by atoms with van der Waals surface area (Å²) in [5, 5.41) is 3.73. The Labute approximate surface area is 113 Å². The molecule has 2 saturated heterocycles. The van der Waals surface area contributed by atoms with Crippen molar-refractivity contribution in [3.63, 3.8) is 0 Å². The van der Waals surface area contributed by atoms with Crippen LogP contribution in [0, 0.1) is 17.8 Å². The number of hydrogen-bond donors (Lipinski definition) is 1. The van der Waals surface area contributed by atoms with Gasteiger partial charge in [-0.25, -0.2) is 0 Å². The highest BCUT2D eigenvalue weighted by Gasteiger charge is 2.32. The summed E-state index contributed by atoms with van der Waals surface area (Å²) in [6.07, 6.45) is 10.3. The molecular weight excluding hydrogens is 220 g/mol. The average molecular weight is 250 g/mol. The fourth-order valence-corrected chi connectivity index (χ4v) is 4.51. The van der Waals surface area contributed by atoms with Crippen molar-refractivity contribution in [2.45, 2.75) is 57.9 Å². The second kappa shape index (κ2) is 5.92. The smallest absolute Gasteiger partial charge is 0.0197 e. The third kappa shape index (κ3) is 3.08. The summed E-state index contributed by atoms with van der Waals surface area (Å²) in [5.74, 6) is 3.05. The van der Waals surface area contributed by atoms with Crippen LogP contribution in [0.25, 0.3) is 0 Å². The van der Waals surface area contributed by atoms with Gasteiger partial charge in [0, 0.05) is 19.1 Å². The van der Waals surface area contributed by atoms with E-state index in [-0.39, 0.29) is 0 Å². The Morgan fingerprint density at radius 1 is 1.06 bits per heavy atom. The van der Waals surface area contributed by atoms with E-state index in [9.17, 15) is 0 Å². The van der Waals surface area contributed by atoms with Gasteiger partial charge in [-0.15, -0.1) is 0 Å². The molecule has 0 amide bonds. The van der Waals surface area contributed by atoms with Crippen LogP contribution in [0.2, 0.25) is 0 Å². The molecule has 1 aliphatic carbocycles. The van der Waals surface area contributed by atoms with Crippen LogP contribution in [0.5, 0.6) is 0 Å². The molecule has 0 radical (unpaired) electrons. The quantitative estimate of drug-likeness (QED) is 0.810. The van der Waals surface area contributed by atoms with Crippen LogP contribution < -0.4 is 5.32 Å². The third-order valence-electron chi connectivity index (χ3n) is 5.61. The fraction of sp³-hybridized carbons (Fsp3) is 1.00. The molecule has 0 aromatic carbocycles. The van der Waals surface area contributed by atoms with Crippen LogP contribution in [0.3, 0.4) is 0 Å². The maximum absolute atomic E-state index is 3.73. The van der Waals surface area contributed by atoms with E-state index in [2.05, 4.69) is 17.1 Å². The minimum atomic E-state index is 0.772. The Kier molecular flexibility index (Phi) is 4.25. The van der Waals surface area contributed by atoms with Crippen molar-refractivity contribution in [2.75, 3.05) is 26.2 Å². The number of likely N-dealkylation sites (tertiary alicyclic amines) is 1. The summed E-state index contributed by atoms with van der Waals surface area (Å²) in [4.78, 5) is 2.77. The maximum atomic E-state index is 3.73. The first-order chi connectivity index (χ1) is 8.81. The molecule has 0 aromatic heterocycles. The molecule has 2 heterocycles. The zero-order valence-corrected chi connectivity index (χ0v) is 12.0. The number of nitrogens with one attached hydrogen (secondary N) is 1. The van der Waals surface area contributed by atoms with Crippen LogP contribution >= 0.6 is 0 Å². The number of fused-ring (bicyclic) bond motifs is 1. The van der Waals surface area contributed by atoms with Gasteiger partial charge in [0.05, 0.1) is 0 Å². The van der Waals surface area contributed by atoms with Crippen LogP contribution in [0.15, 0.2) is 0 Å². The summed E-state index contributed by atoms with van der Waals surface area (Å²) in [7, 11) is 0. The molecule has 1 N–H and O–H groups in total. The molecule has 18 heavy (non-hydrogen) atoms. The van der Waals surface area contributed by atoms with Crippen LogP contribution in [-0.4, -0.2) is 37.1 Å². The Balaban J connectivity index is 1.48. The van der Waals surface area contributed by atoms with E-state index in [1.807, 2.05) is 0 Å². The SMILES string of the molecule is CC1CCNC(CN2CCC3CCCCC3C2)C1. The topological polar surface area (TPSA) is 15.3 Å². The molecule has 104 valence electrons. The number of piperidine rings is 2. The summed E-state index contributed by atoms with van der Waals surface area (Å²) in [6.45, 7) is 7.74. The Bertz CT molecular complexity index is 266. The molecule has 3 rings (SSSR count). The van der Waals surface area contributed by atoms with Gasteiger partial charge in [0.15, 0.2) is 0 Å². The molecule has 4 atom stereocenters. The van der Waals surface area contributed by atoms with Crippen molar-refractivity contribution >= 4 is 0 Å². The van der Waals surface area contributed by atoms with E-state index in [0.29, 0.717) is 0 Å². The second-order valence-corrected chi connectivity index (χ2v) is 7.13. The van der Waals surface area contributed by atoms with Gasteiger partial charge in [-0.1, -0.05) is 26.2 Å². The third-order valence-corrected chi connectivity index (χ3v) is 5.61. The molecule has 2 heteroatoms. The largest absolute Gasteiger partial charge is 0.313 e. The zero-order chi connectivity index (χ0) is 12.4. The van der Waals surface area contributed by atoms with Crippen molar-refractivity contribution in [3.05, 3.63) is 0 Å². The molecule has 0 aromatic rings. The summed E-state index contributed by atoms with van der Waals surface area (Å²) < 4.78 is 0. The summed E-state index contributed by atoms with van der Waals surface area (Å²) in [6, 6.07) is 0.772. The number of hydrogen-bond acceptors (Lipinski definition) is 2. The van der Waals surface area contributed by atoms with E-state index >= 15 is 0 Å². The van der Waals surface area contributed by atoms with Gasteiger partial charge in [-0.2, -0.15) is 0 Å². The molecule has 1 saturated carbocycles. The first-order valence-corrected chi connectivity index (χ1v) is 8.27. The summed E-state index contributed by atoms with van der Waals surface area (Å²) >= 11 is 0. The van der Waals surface area contributed by atoms with E-state index in [1.54, 1.807) is 0 Å². The van der Waals surface area contributed by atoms with Gasteiger partial charge >= 0.3 is 0 Å².